The van der Waals surface area contributed by atoms with E-state index in [-0.39, 0.29) is 26.4 Å². The number of ether oxygens (including phenoxy) is 8. The highest BCUT2D eigenvalue weighted by molar-refractivity contribution is 5.85. The Labute approximate surface area is 211 Å². The fourth-order valence-electron chi connectivity index (χ4n) is 3.32. The third-order valence-corrected chi connectivity index (χ3v) is 5.07. The van der Waals surface area contributed by atoms with Gasteiger partial charge in [0.2, 0.25) is 0 Å². The highest BCUT2D eigenvalue weighted by atomic mass is 16.6. The molecule has 2 rings (SSSR count). The number of carbonyl (C=O) groups is 2. The van der Waals surface area contributed by atoms with Crippen molar-refractivity contribution < 1.29 is 47.5 Å². The molecule has 0 aliphatic rings. The van der Waals surface area contributed by atoms with Crippen LogP contribution in [0.5, 0.6) is 23.0 Å². The Morgan fingerprint density at radius 2 is 0.972 bits per heavy atom. The third kappa shape index (κ3) is 7.76. The molecule has 2 aromatic carbocycles. The zero-order chi connectivity index (χ0) is 26.5. The van der Waals surface area contributed by atoms with Gasteiger partial charge in [-0.25, -0.2) is 9.59 Å². The van der Waals surface area contributed by atoms with E-state index >= 15 is 0 Å². The molecule has 0 spiro atoms. The van der Waals surface area contributed by atoms with Crippen LogP contribution in [0.15, 0.2) is 36.4 Å². The Bertz CT molecular complexity index is 911. The van der Waals surface area contributed by atoms with Crippen molar-refractivity contribution in [3.05, 3.63) is 47.5 Å². The number of methoxy groups -OCH3 is 4. The second kappa shape index (κ2) is 14.8. The second-order valence-corrected chi connectivity index (χ2v) is 7.35. The molecule has 2 aromatic rings. The standard InChI is InChI=1S/C26H34O10/c1-7-33-25(27)23(35-15-17-9-11-19(29-3)21(13-17)31-5)24(26(28)34-8-2)36-16-18-10-12-20(30-4)22(14-18)32-6/h9-14,23-24H,7-8,15-16H2,1-6H3/t23-,24-/m0/s1. The van der Waals surface area contributed by atoms with E-state index in [0.29, 0.717) is 34.1 Å². The molecule has 0 fully saturated rings. The van der Waals surface area contributed by atoms with Crippen LogP contribution in [0.1, 0.15) is 25.0 Å². The molecule has 0 unspecified atom stereocenters. The van der Waals surface area contributed by atoms with Gasteiger partial charge in [0, 0.05) is 0 Å². The fourth-order valence-corrected chi connectivity index (χ4v) is 3.32. The van der Waals surface area contributed by atoms with Gasteiger partial charge in [-0.3, -0.25) is 0 Å². The number of benzene rings is 2. The summed E-state index contributed by atoms with van der Waals surface area (Å²) in [6, 6.07) is 10.4. The minimum absolute atomic E-state index is 0.0283. The molecule has 0 aliphatic heterocycles. The van der Waals surface area contributed by atoms with Crippen LogP contribution in [0, 0.1) is 0 Å². The van der Waals surface area contributed by atoms with Crippen LogP contribution in [0.3, 0.4) is 0 Å². The SMILES string of the molecule is CCOC(=O)[C@@H](OCc1ccc(OC)c(OC)c1)[C@H](OCc1ccc(OC)c(OC)c1)C(=O)OCC. The van der Waals surface area contributed by atoms with Gasteiger partial charge in [0.05, 0.1) is 54.9 Å². The molecule has 198 valence electrons. The summed E-state index contributed by atoms with van der Waals surface area (Å²) < 4.78 is 43.2. The van der Waals surface area contributed by atoms with Crippen molar-refractivity contribution in [2.45, 2.75) is 39.3 Å². The van der Waals surface area contributed by atoms with Gasteiger partial charge < -0.3 is 37.9 Å². The average Bonchev–Trinajstić information content (AvgIpc) is 2.90. The lowest BCUT2D eigenvalue weighted by atomic mass is 10.1. The van der Waals surface area contributed by atoms with Gasteiger partial charge in [0.15, 0.2) is 35.2 Å². The van der Waals surface area contributed by atoms with Crippen LogP contribution in [0.2, 0.25) is 0 Å². The lowest BCUT2D eigenvalue weighted by Crippen LogP contribution is -2.45. The van der Waals surface area contributed by atoms with E-state index in [1.54, 1.807) is 50.2 Å². The van der Waals surface area contributed by atoms with Crippen molar-refractivity contribution in [2.24, 2.45) is 0 Å². The van der Waals surface area contributed by atoms with Crippen LogP contribution < -0.4 is 18.9 Å². The van der Waals surface area contributed by atoms with E-state index in [1.165, 1.54) is 28.4 Å². The Hall–Kier alpha value is -3.50. The lowest BCUT2D eigenvalue weighted by Gasteiger charge is -2.25. The molecule has 0 saturated carbocycles. The minimum atomic E-state index is -1.38. The predicted octanol–water partition coefficient (Wildman–Crippen LogP) is 3.32. The summed E-state index contributed by atoms with van der Waals surface area (Å²) in [5, 5.41) is 0. The Morgan fingerprint density at radius 1 is 0.611 bits per heavy atom. The van der Waals surface area contributed by atoms with Gasteiger partial charge in [0.1, 0.15) is 0 Å². The third-order valence-electron chi connectivity index (χ3n) is 5.07. The predicted molar refractivity (Wildman–Crippen MR) is 130 cm³/mol. The molecule has 36 heavy (non-hydrogen) atoms. The van der Waals surface area contributed by atoms with Crippen molar-refractivity contribution in [3.63, 3.8) is 0 Å². The molecule has 10 heteroatoms. The summed E-state index contributed by atoms with van der Waals surface area (Å²) in [6.45, 7) is 3.46. The Balaban J connectivity index is 2.28. The van der Waals surface area contributed by atoms with Crippen LogP contribution in [0.25, 0.3) is 0 Å². The molecule has 0 aliphatic carbocycles. The van der Waals surface area contributed by atoms with E-state index in [9.17, 15) is 9.59 Å². The first-order chi connectivity index (χ1) is 17.4. The zero-order valence-electron chi connectivity index (χ0n) is 21.5. The van der Waals surface area contributed by atoms with Crippen molar-refractivity contribution >= 4 is 11.9 Å². The van der Waals surface area contributed by atoms with Gasteiger partial charge in [-0.2, -0.15) is 0 Å². The number of carbonyl (C=O) groups excluding carboxylic acids is 2. The van der Waals surface area contributed by atoms with Crippen LogP contribution in [-0.4, -0.2) is 65.8 Å². The Kier molecular flexibility index (Phi) is 11.8. The molecule has 0 heterocycles. The van der Waals surface area contributed by atoms with Crippen LogP contribution in [-0.2, 0) is 41.8 Å². The van der Waals surface area contributed by atoms with E-state index < -0.39 is 24.1 Å². The first kappa shape index (κ1) is 28.7. The first-order valence-corrected chi connectivity index (χ1v) is 11.4. The van der Waals surface area contributed by atoms with Crippen LogP contribution in [0.4, 0.5) is 0 Å². The number of hydrogen-bond acceptors (Lipinski definition) is 10. The molecule has 0 amide bonds. The lowest BCUT2D eigenvalue weighted by molar-refractivity contribution is -0.185. The van der Waals surface area contributed by atoms with Crippen molar-refractivity contribution in [1.82, 2.24) is 0 Å². The molecule has 2 atom stereocenters. The van der Waals surface area contributed by atoms with E-state index in [2.05, 4.69) is 0 Å². The van der Waals surface area contributed by atoms with Gasteiger partial charge >= 0.3 is 11.9 Å². The number of rotatable bonds is 15. The first-order valence-electron chi connectivity index (χ1n) is 11.4. The molecule has 0 bridgehead atoms. The summed E-state index contributed by atoms with van der Waals surface area (Å²) in [7, 11) is 6.10. The average molecular weight is 507 g/mol. The molecule has 10 nitrogen and oxygen atoms in total. The van der Waals surface area contributed by atoms with E-state index in [0.717, 1.165) is 0 Å². The summed E-state index contributed by atoms with van der Waals surface area (Å²) in [5.41, 5.74) is 1.37. The molecular formula is C26H34O10. The molecule has 0 radical (unpaired) electrons. The molecular weight excluding hydrogens is 472 g/mol. The summed E-state index contributed by atoms with van der Waals surface area (Å²) >= 11 is 0. The largest absolute Gasteiger partial charge is 0.493 e. The minimum Gasteiger partial charge on any atom is -0.493 e. The number of hydrogen-bond donors (Lipinski definition) is 0. The van der Waals surface area contributed by atoms with Gasteiger partial charge in [-0.05, 0) is 49.2 Å². The van der Waals surface area contributed by atoms with Crippen molar-refractivity contribution in [1.29, 1.82) is 0 Å². The molecule has 0 saturated heterocycles. The highest BCUT2D eigenvalue weighted by Gasteiger charge is 2.38. The monoisotopic (exact) mass is 506 g/mol. The van der Waals surface area contributed by atoms with Crippen molar-refractivity contribution in [3.8, 4) is 23.0 Å². The summed E-state index contributed by atoms with van der Waals surface area (Å²) in [4.78, 5) is 25.6. The van der Waals surface area contributed by atoms with Crippen LogP contribution >= 0.6 is 0 Å². The van der Waals surface area contributed by atoms with Crippen molar-refractivity contribution in [2.75, 3.05) is 41.7 Å². The smallest absolute Gasteiger partial charge is 0.338 e. The fraction of sp³-hybridized carbons (Fsp3) is 0.462. The highest BCUT2D eigenvalue weighted by Crippen LogP contribution is 2.29. The summed E-state index contributed by atoms with van der Waals surface area (Å²) in [5.74, 6) is 0.597. The molecule has 0 aromatic heterocycles. The van der Waals surface area contributed by atoms with Gasteiger partial charge in [-0.1, -0.05) is 12.1 Å². The normalized spacial score (nSPS) is 12.3. The van der Waals surface area contributed by atoms with E-state index in [4.69, 9.17) is 37.9 Å². The molecule has 0 N–H and O–H groups in total. The maximum absolute atomic E-state index is 12.8. The maximum Gasteiger partial charge on any atom is 0.338 e. The quantitative estimate of drug-likeness (QED) is 0.334. The summed E-state index contributed by atoms with van der Waals surface area (Å²) in [6.07, 6.45) is -2.76. The Morgan fingerprint density at radius 3 is 1.28 bits per heavy atom. The van der Waals surface area contributed by atoms with Gasteiger partial charge in [-0.15, -0.1) is 0 Å². The van der Waals surface area contributed by atoms with E-state index in [1.807, 2.05) is 0 Å². The van der Waals surface area contributed by atoms with Gasteiger partial charge in [0.25, 0.3) is 0 Å². The topological polar surface area (TPSA) is 108 Å². The maximum atomic E-state index is 12.8. The second-order valence-electron chi connectivity index (χ2n) is 7.35. The number of esters is 2. The zero-order valence-corrected chi connectivity index (χ0v) is 21.5.